The molecule has 7 heteroatoms. The van der Waals surface area contributed by atoms with Crippen LogP contribution in [0.3, 0.4) is 0 Å². The van der Waals surface area contributed by atoms with Gasteiger partial charge in [0.05, 0.1) is 11.6 Å². The molecule has 0 aromatic heterocycles. The maximum atomic E-state index is 13.1. The van der Waals surface area contributed by atoms with E-state index >= 15 is 0 Å². The van der Waals surface area contributed by atoms with Crippen LogP contribution in [0, 0.1) is 5.82 Å². The van der Waals surface area contributed by atoms with Crippen molar-refractivity contribution in [3.05, 3.63) is 63.9 Å². The predicted octanol–water partition coefficient (Wildman–Crippen LogP) is 4.12. The van der Waals surface area contributed by atoms with E-state index in [1.807, 2.05) is 24.3 Å². The average molecular weight is 522 g/mol. The van der Waals surface area contributed by atoms with Gasteiger partial charge >= 0.3 is 0 Å². The van der Waals surface area contributed by atoms with Crippen LogP contribution in [-0.4, -0.2) is 26.7 Å². The molecule has 0 aliphatic rings. The maximum Gasteiger partial charge on any atom is 0.191 e. The first-order valence-electron chi connectivity index (χ1n) is 7.63. The zero-order valence-electron chi connectivity index (χ0n) is 14.2. The molecular weight excluding hydrogens is 500 g/mol. The molecule has 0 saturated heterocycles. The number of rotatable bonds is 6. The Labute approximate surface area is 173 Å². The second kappa shape index (κ2) is 11.3. The van der Waals surface area contributed by atoms with E-state index in [9.17, 15) is 4.39 Å². The van der Waals surface area contributed by atoms with Crippen molar-refractivity contribution in [3.63, 3.8) is 0 Å². The van der Waals surface area contributed by atoms with E-state index in [1.165, 1.54) is 6.07 Å². The lowest BCUT2D eigenvalue weighted by atomic mass is 10.1. The summed E-state index contributed by atoms with van der Waals surface area (Å²) in [5.74, 6) is 1.30. The molecule has 0 bridgehead atoms. The van der Waals surface area contributed by atoms with Crippen molar-refractivity contribution in [2.45, 2.75) is 13.0 Å². The molecule has 2 N–H and O–H groups in total. The van der Waals surface area contributed by atoms with Crippen molar-refractivity contribution in [2.75, 3.05) is 20.7 Å². The van der Waals surface area contributed by atoms with Crippen LogP contribution in [0.5, 0.6) is 5.75 Å². The number of hydrogen-bond donors (Lipinski definition) is 2. The van der Waals surface area contributed by atoms with Crippen molar-refractivity contribution in [1.82, 2.24) is 10.6 Å². The molecule has 0 unspecified atom stereocenters. The lowest BCUT2D eigenvalue weighted by Gasteiger charge is -2.13. The Morgan fingerprint density at radius 2 is 1.96 bits per heavy atom. The van der Waals surface area contributed by atoms with Crippen LogP contribution in [0.2, 0.25) is 0 Å². The van der Waals surface area contributed by atoms with Crippen molar-refractivity contribution < 1.29 is 9.13 Å². The van der Waals surface area contributed by atoms with E-state index in [4.69, 9.17) is 4.74 Å². The van der Waals surface area contributed by atoms with Crippen LogP contribution in [0.1, 0.15) is 11.1 Å². The van der Waals surface area contributed by atoms with Gasteiger partial charge in [-0.15, -0.1) is 24.0 Å². The molecule has 0 heterocycles. The van der Waals surface area contributed by atoms with E-state index in [1.54, 1.807) is 26.3 Å². The summed E-state index contributed by atoms with van der Waals surface area (Å²) in [4.78, 5) is 4.19. The number of nitrogens with one attached hydrogen (secondary N) is 2. The van der Waals surface area contributed by atoms with Gasteiger partial charge in [-0.2, -0.15) is 0 Å². The molecule has 0 amide bonds. The van der Waals surface area contributed by atoms with Gasteiger partial charge in [-0.25, -0.2) is 4.39 Å². The van der Waals surface area contributed by atoms with Crippen LogP contribution in [0.4, 0.5) is 4.39 Å². The minimum atomic E-state index is -0.208. The number of benzene rings is 2. The molecule has 0 fully saturated rings. The van der Waals surface area contributed by atoms with Crippen LogP contribution in [0.15, 0.2) is 51.9 Å². The van der Waals surface area contributed by atoms with Crippen molar-refractivity contribution >= 4 is 45.9 Å². The largest absolute Gasteiger partial charge is 0.496 e. The van der Waals surface area contributed by atoms with Crippen LogP contribution < -0.4 is 15.4 Å². The van der Waals surface area contributed by atoms with Crippen molar-refractivity contribution in [3.8, 4) is 5.75 Å². The van der Waals surface area contributed by atoms with Gasteiger partial charge in [0.2, 0.25) is 0 Å². The molecular formula is C18H22BrFIN3O. The molecule has 4 nitrogen and oxygen atoms in total. The number of hydrogen-bond acceptors (Lipinski definition) is 2. The highest BCUT2D eigenvalue weighted by molar-refractivity contribution is 14.0. The van der Waals surface area contributed by atoms with E-state index in [0.29, 0.717) is 19.0 Å². The molecule has 2 aromatic rings. The monoisotopic (exact) mass is 521 g/mol. The molecule has 0 aliphatic carbocycles. The fourth-order valence-corrected chi connectivity index (χ4v) is 2.83. The third kappa shape index (κ3) is 7.19. The summed E-state index contributed by atoms with van der Waals surface area (Å²) in [6.45, 7) is 1.32. The van der Waals surface area contributed by atoms with Gasteiger partial charge in [-0.05, 0) is 57.7 Å². The first-order chi connectivity index (χ1) is 11.6. The summed E-state index contributed by atoms with van der Waals surface area (Å²) in [5.41, 5.74) is 2.06. The lowest BCUT2D eigenvalue weighted by molar-refractivity contribution is 0.412. The van der Waals surface area contributed by atoms with Gasteiger partial charge in [-0.3, -0.25) is 4.99 Å². The summed E-state index contributed by atoms with van der Waals surface area (Å²) >= 11 is 3.48. The zero-order chi connectivity index (χ0) is 17.4. The Morgan fingerprint density at radius 1 is 1.16 bits per heavy atom. The van der Waals surface area contributed by atoms with Crippen molar-refractivity contribution in [1.29, 1.82) is 0 Å². The molecule has 0 spiro atoms. The summed E-state index contributed by atoms with van der Waals surface area (Å²) < 4.78 is 19.3. The Kier molecular flexibility index (Phi) is 9.81. The topological polar surface area (TPSA) is 45.7 Å². The summed E-state index contributed by atoms with van der Waals surface area (Å²) in [7, 11) is 3.36. The predicted molar refractivity (Wildman–Crippen MR) is 114 cm³/mol. The lowest BCUT2D eigenvalue weighted by Crippen LogP contribution is -2.37. The Hall–Kier alpha value is -1.35. The van der Waals surface area contributed by atoms with E-state index in [2.05, 4.69) is 31.6 Å². The fraction of sp³-hybridized carbons (Fsp3) is 0.278. The Bertz CT molecular complexity index is 712. The van der Waals surface area contributed by atoms with Crippen LogP contribution >= 0.6 is 39.9 Å². The first-order valence-corrected chi connectivity index (χ1v) is 8.43. The van der Waals surface area contributed by atoms with Gasteiger partial charge in [0.25, 0.3) is 0 Å². The Balaban J connectivity index is 0.00000312. The Morgan fingerprint density at radius 3 is 2.60 bits per heavy atom. The molecule has 136 valence electrons. The van der Waals surface area contributed by atoms with Gasteiger partial charge < -0.3 is 15.4 Å². The summed E-state index contributed by atoms with van der Waals surface area (Å²) in [5, 5.41) is 6.48. The molecule has 2 aromatic carbocycles. The highest BCUT2D eigenvalue weighted by atomic mass is 127. The van der Waals surface area contributed by atoms with Gasteiger partial charge in [0.1, 0.15) is 11.6 Å². The minimum Gasteiger partial charge on any atom is -0.496 e. The summed E-state index contributed by atoms with van der Waals surface area (Å²) in [6, 6.07) is 12.6. The van der Waals surface area contributed by atoms with Crippen molar-refractivity contribution in [2.24, 2.45) is 4.99 Å². The maximum absolute atomic E-state index is 13.1. The smallest absolute Gasteiger partial charge is 0.191 e. The van der Waals surface area contributed by atoms with Gasteiger partial charge in [0, 0.05) is 20.1 Å². The molecule has 0 atom stereocenters. The SMILES string of the molecule is CN=C(NCCc1cccc(F)c1)NCc1ccc(OC)c(Br)c1.I. The highest BCUT2D eigenvalue weighted by Crippen LogP contribution is 2.25. The van der Waals surface area contributed by atoms with E-state index in [0.717, 1.165) is 27.8 Å². The molecule has 0 aliphatic heterocycles. The zero-order valence-corrected chi connectivity index (χ0v) is 18.1. The minimum absolute atomic E-state index is 0. The third-order valence-corrected chi connectivity index (χ3v) is 4.11. The molecule has 0 radical (unpaired) electrons. The molecule has 0 saturated carbocycles. The second-order valence-electron chi connectivity index (χ2n) is 5.20. The fourth-order valence-electron chi connectivity index (χ4n) is 2.24. The second-order valence-corrected chi connectivity index (χ2v) is 6.06. The first kappa shape index (κ1) is 21.7. The molecule has 2 rings (SSSR count). The number of ether oxygens (including phenoxy) is 1. The number of nitrogens with zero attached hydrogens (tertiary/aromatic N) is 1. The number of halogens is 3. The number of methoxy groups -OCH3 is 1. The standard InChI is InChI=1S/C18H21BrFN3O.HI/c1-21-18(22-9-8-13-4-3-5-15(20)10-13)23-12-14-6-7-17(24-2)16(19)11-14;/h3-7,10-11H,8-9,12H2,1-2H3,(H2,21,22,23);1H. The van der Waals surface area contributed by atoms with Crippen LogP contribution in [0.25, 0.3) is 0 Å². The number of guanidine groups is 1. The summed E-state index contributed by atoms with van der Waals surface area (Å²) in [6.07, 6.45) is 0.729. The normalized spacial score (nSPS) is 10.8. The van der Waals surface area contributed by atoms with E-state index in [-0.39, 0.29) is 29.8 Å². The van der Waals surface area contributed by atoms with Gasteiger partial charge in [0.15, 0.2) is 5.96 Å². The highest BCUT2D eigenvalue weighted by Gasteiger charge is 2.03. The average Bonchev–Trinajstić information content (AvgIpc) is 2.58. The van der Waals surface area contributed by atoms with E-state index < -0.39 is 0 Å². The van der Waals surface area contributed by atoms with Gasteiger partial charge in [-0.1, -0.05) is 18.2 Å². The molecule has 25 heavy (non-hydrogen) atoms. The third-order valence-electron chi connectivity index (χ3n) is 3.49. The number of aliphatic imine (C=N–C) groups is 1. The quantitative estimate of drug-likeness (QED) is 0.341. The van der Waals surface area contributed by atoms with Crippen LogP contribution in [-0.2, 0) is 13.0 Å².